The van der Waals surface area contributed by atoms with Crippen LogP contribution in [0.1, 0.15) is 12.1 Å². The van der Waals surface area contributed by atoms with Crippen molar-refractivity contribution in [3.05, 3.63) is 24.3 Å². The van der Waals surface area contributed by atoms with Crippen molar-refractivity contribution in [3.8, 4) is 0 Å². The zero-order valence-electron chi connectivity index (χ0n) is 8.33. The van der Waals surface area contributed by atoms with Gasteiger partial charge in [-0.25, -0.2) is 9.97 Å². The van der Waals surface area contributed by atoms with Gasteiger partial charge in [-0.05, 0) is 6.07 Å². The lowest BCUT2D eigenvalue weighted by Crippen LogP contribution is -2.27. The average Bonchev–Trinajstić information content (AvgIpc) is 2.56. The maximum absolute atomic E-state index is 11.5. The summed E-state index contributed by atoms with van der Waals surface area (Å²) < 4.78 is 0. The number of amides is 1. The van der Waals surface area contributed by atoms with Crippen LogP contribution < -0.4 is 0 Å². The first kappa shape index (κ1) is 10.4. The molecule has 0 bridgehead atoms. The van der Waals surface area contributed by atoms with E-state index in [1.807, 2.05) is 11.0 Å². The topological polar surface area (TPSA) is 46.1 Å². The van der Waals surface area contributed by atoms with Gasteiger partial charge in [0.05, 0.1) is 0 Å². The van der Waals surface area contributed by atoms with Crippen LogP contribution in [0.25, 0.3) is 0 Å². The SMILES string of the molecule is O=C1CC(S)CN1CCc1ccncn1. The molecule has 1 aromatic rings. The molecule has 1 aromatic heterocycles. The quantitative estimate of drug-likeness (QED) is 0.761. The second-order valence-electron chi connectivity index (χ2n) is 3.65. The highest BCUT2D eigenvalue weighted by molar-refractivity contribution is 7.81. The minimum Gasteiger partial charge on any atom is -0.341 e. The smallest absolute Gasteiger partial charge is 0.223 e. The van der Waals surface area contributed by atoms with Crippen molar-refractivity contribution in [2.45, 2.75) is 18.1 Å². The van der Waals surface area contributed by atoms with E-state index in [0.717, 1.165) is 25.2 Å². The summed E-state index contributed by atoms with van der Waals surface area (Å²) in [6.45, 7) is 1.49. The van der Waals surface area contributed by atoms with Crippen LogP contribution in [0.3, 0.4) is 0 Å². The second-order valence-corrected chi connectivity index (χ2v) is 4.38. The number of rotatable bonds is 3. The van der Waals surface area contributed by atoms with E-state index in [1.165, 1.54) is 6.33 Å². The molecule has 1 amide bonds. The summed E-state index contributed by atoms with van der Waals surface area (Å²) in [6, 6.07) is 1.87. The van der Waals surface area contributed by atoms with Gasteiger partial charge in [0, 0.05) is 43.1 Å². The van der Waals surface area contributed by atoms with E-state index in [2.05, 4.69) is 22.6 Å². The van der Waals surface area contributed by atoms with Crippen molar-refractivity contribution in [1.29, 1.82) is 0 Å². The lowest BCUT2D eigenvalue weighted by Gasteiger charge is -2.14. The van der Waals surface area contributed by atoms with E-state index in [1.54, 1.807) is 6.20 Å². The number of nitrogens with zero attached hydrogens (tertiary/aromatic N) is 3. The average molecular weight is 223 g/mol. The number of hydrogen-bond donors (Lipinski definition) is 1. The Morgan fingerprint density at radius 1 is 1.60 bits per heavy atom. The third-order valence-electron chi connectivity index (χ3n) is 2.48. The third kappa shape index (κ3) is 2.68. The van der Waals surface area contributed by atoms with Crippen molar-refractivity contribution in [2.75, 3.05) is 13.1 Å². The van der Waals surface area contributed by atoms with Gasteiger partial charge in [-0.2, -0.15) is 12.6 Å². The minimum atomic E-state index is 0.197. The molecule has 2 heterocycles. The monoisotopic (exact) mass is 223 g/mol. The Morgan fingerprint density at radius 3 is 3.07 bits per heavy atom. The van der Waals surface area contributed by atoms with Crippen LogP contribution in [0.15, 0.2) is 18.6 Å². The molecule has 0 aliphatic carbocycles. The Kier molecular flexibility index (Phi) is 3.20. The third-order valence-corrected chi connectivity index (χ3v) is 2.82. The van der Waals surface area contributed by atoms with Gasteiger partial charge < -0.3 is 4.90 Å². The molecule has 0 radical (unpaired) electrons. The Labute approximate surface area is 94.1 Å². The molecule has 0 aromatic carbocycles. The fourth-order valence-corrected chi connectivity index (χ4v) is 2.04. The van der Waals surface area contributed by atoms with E-state index in [9.17, 15) is 4.79 Å². The van der Waals surface area contributed by atoms with Crippen molar-refractivity contribution < 1.29 is 4.79 Å². The number of likely N-dealkylation sites (tertiary alicyclic amines) is 1. The predicted molar refractivity (Wildman–Crippen MR) is 59.7 cm³/mol. The molecule has 1 saturated heterocycles. The fourth-order valence-electron chi connectivity index (χ4n) is 1.68. The Hall–Kier alpha value is -1.10. The maximum atomic E-state index is 11.5. The van der Waals surface area contributed by atoms with Crippen molar-refractivity contribution in [3.63, 3.8) is 0 Å². The molecule has 5 heteroatoms. The molecule has 1 aliphatic rings. The zero-order valence-corrected chi connectivity index (χ0v) is 9.23. The van der Waals surface area contributed by atoms with E-state index >= 15 is 0 Å². The normalized spacial score (nSPS) is 21.0. The van der Waals surface area contributed by atoms with Crippen LogP contribution in [-0.4, -0.2) is 39.1 Å². The molecule has 0 spiro atoms. The lowest BCUT2D eigenvalue weighted by atomic mass is 10.3. The first-order valence-corrected chi connectivity index (χ1v) is 5.48. The maximum Gasteiger partial charge on any atom is 0.223 e. The van der Waals surface area contributed by atoms with Gasteiger partial charge >= 0.3 is 0 Å². The molecule has 1 fully saturated rings. The fraction of sp³-hybridized carbons (Fsp3) is 0.500. The van der Waals surface area contributed by atoms with Crippen LogP contribution in [0.2, 0.25) is 0 Å². The standard InChI is InChI=1S/C10H13N3OS/c14-10-5-9(15)6-13(10)4-2-8-1-3-11-7-12-8/h1,3,7,9,15H,2,4-6H2. The van der Waals surface area contributed by atoms with Crippen molar-refractivity contribution in [2.24, 2.45) is 0 Å². The Bertz CT molecular complexity index is 344. The van der Waals surface area contributed by atoms with Crippen LogP contribution in [-0.2, 0) is 11.2 Å². The molecule has 1 unspecified atom stereocenters. The van der Waals surface area contributed by atoms with Crippen LogP contribution >= 0.6 is 12.6 Å². The summed E-state index contributed by atoms with van der Waals surface area (Å²) in [5.74, 6) is 0.198. The van der Waals surface area contributed by atoms with Gasteiger partial charge in [-0.3, -0.25) is 4.79 Å². The molecule has 1 aliphatic heterocycles. The van der Waals surface area contributed by atoms with Crippen molar-refractivity contribution in [1.82, 2.24) is 14.9 Å². The zero-order chi connectivity index (χ0) is 10.7. The number of aromatic nitrogens is 2. The molecule has 0 N–H and O–H groups in total. The van der Waals surface area contributed by atoms with Gasteiger partial charge in [0.15, 0.2) is 0 Å². The Morgan fingerprint density at radius 2 is 2.47 bits per heavy atom. The first-order chi connectivity index (χ1) is 7.25. The Balaban J connectivity index is 1.86. The van der Waals surface area contributed by atoms with Crippen LogP contribution in [0, 0.1) is 0 Å². The van der Waals surface area contributed by atoms with Gasteiger partial charge in [0.25, 0.3) is 0 Å². The van der Waals surface area contributed by atoms with E-state index in [-0.39, 0.29) is 11.2 Å². The van der Waals surface area contributed by atoms with Gasteiger partial charge in [-0.1, -0.05) is 0 Å². The molecule has 0 saturated carbocycles. The van der Waals surface area contributed by atoms with E-state index in [0.29, 0.717) is 6.42 Å². The second kappa shape index (κ2) is 4.61. The van der Waals surface area contributed by atoms with Gasteiger partial charge in [-0.15, -0.1) is 0 Å². The molecular weight excluding hydrogens is 210 g/mol. The summed E-state index contributed by atoms with van der Waals surface area (Å²) in [6.07, 6.45) is 4.60. The summed E-state index contributed by atoms with van der Waals surface area (Å²) in [4.78, 5) is 21.3. The van der Waals surface area contributed by atoms with E-state index < -0.39 is 0 Å². The minimum absolute atomic E-state index is 0.197. The van der Waals surface area contributed by atoms with Gasteiger partial charge in [0.2, 0.25) is 5.91 Å². The largest absolute Gasteiger partial charge is 0.341 e. The molecular formula is C10H13N3OS. The summed E-state index contributed by atoms with van der Waals surface area (Å²) in [5, 5.41) is 0.197. The number of carbonyl (C=O) groups excluding carboxylic acids is 1. The highest BCUT2D eigenvalue weighted by Gasteiger charge is 2.26. The summed E-state index contributed by atoms with van der Waals surface area (Å²) in [7, 11) is 0. The molecule has 4 nitrogen and oxygen atoms in total. The van der Waals surface area contributed by atoms with Crippen LogP contribution in [0.5, 0.6) is 0 Å². The molecule has 80 valence electrons. The predicted octanol–water partition coefficient (Wildman–Crippen LogP) is 0.550. The highest BCUT2D eigenvalue weighted by Crippen LogP contribution is 2.15. The molecule has 15 heavy (non-hydrogen) atoms. The lowest BCUT2D eigenvalue weighted by molar-refractivity contribution is -0.127. The van der Waals surface area contributed by atoms with Gasteiger partial charge in [0.1, 0.15) is 6.33 Å². The number of hydrogen-bond acceptors (Lipinski definition) is 4. The molecule has 1 atom stereocenters. The summed E-state index contributed by atoms with van der Waals surface area (Å²) >= 11 is 4.30. The first-order valence-electron chi connectivity index (χ1n) is 4.96. The molecule has 2 rings (SSSR count). The van der Waals surface area contributed by atoms with E-state index in [4.69, 9.17) is 0 Å². The van der Waals surface area contributed by atoms with Crippen LogP contribution in [0.4, 0.5) is 0 Å². The highest BCUT2D eigenvalue weighted by atomic mass is 32.1. The summed E-state index contributed by atoms with van der Waals surface area (Å²) in [5.41, 5.74) is 0.973. The number of thiol groups is 1. The van der Waals surface area contributed by atoms with Crippen molar-refractivity contribution >= 4 is 18.5 Å². The number of carbonyl (C=O) groups is 1.